The average molecular weight is 276 g/mol. The molecule has 2 rings (SSSR count). The second kappa shape index (κ2) is 4.34. The van der Waals surface area contributed by atoms with Crippen molar-refractivity contribution in [3.05, 3.63) is 41.4 Å². The highest BCUT2D eigenvalue weighted by Crippen LogP contribution is 2.20. The molecule has 0 bridgehead atoms. The molecular weight excluding hydrogens is 269 g/mol. The lowest BCUT2D eigenvalue weighted by atomic mass is 10.3. The lowest BCUT2D eigenvalue weighted by Gasteiger charge is -2.06. The number of aromatic nitrogens is 2. The molecule has 0 aliphatic carbocycles. The summed E-state index contributed by atoms with van der Waals surface area (Å²) in [5, 5.41) is 0.124. The van der Waals surface area contributed by atoms with Gasteiger partial charge in [0.05, 0.1) is 0 Å². The summed E-state index contributed by atoms with van der Waals surface area (Å²) >= 11 is 5.54. The number of H-pyrrole nitrogens is 1. The van der Waals surface area contributed by atoms with E-state index in [9.17, 15) is 12.8 Å². The van der Waals surface area contributed by atoms with E-state index in [1.165, 1.54) is 18.5 Å². The van der Waals surface area contributed by atoms with Crippen molar-refractivity contribution in [1.82, 2.24) is 9.97 Å². The van der Waals surface area contributed by atoms with Gasteiger partial charge in [-0.25, -0.2) is 22.5 Å². The van der Waals surface area contributed by atoms with Crippen molar-refractivity contribution in [3.63, 3.8) is 0 Å². The van der Waals surface area contributed by atoms with Crippen molar-refractivity contribution in [1.29, 1.82) is 0 Å². The predicted molar refractivity (Wildman–Crippen MR) is 60.8 cm³/mol. The first-order valence-corrected chi connectivity index (χ1v) is 6.32. The molecule has 0 aliphatic rings. The number of imidazole rings is 1. The number of nitrogens with one attached hydrogen (secondary N) is 2. The number of rotatable bonds is 3. The largest absolute Gasteiger partial charge is 0.330 e. The molecule has 2 aromatic rings. The van der Waals surface area contributed by atoms with Crippen molar-refractivity contribution < 1.29 is 12.8 Å². The van der Waals surface area contributed by atoms with Gasteiger partial charge in [-0.05, 0) is 18.2 Å². The Morgan fingerprint density at radius 3 is 2.76 bits per heavy atom. The third-order valence-corrected chi connectivity index (χ3v) is 3.52. The second-order valence-electron chi connectivity index (χ2n) is 3.12. The third-order valence-electron chi connectivity index (χ3n) is 1.91. The van der Waals surface area contributed by atoms with E-state index in [1.54, 1.807) is 0 Å². The minimum Gasteiger partial charge on any atom is -0.330 e. The molecule has 0 amide bonds. The van der Waals surface area contributed by atoms with Gasteiger partial charge in [0.2, 0.25) is 5.95 Å². The normalized spacial score (nSPS) is 11.4. The Labute approximate surface area is 102 Å². The van der Waals surface area contributed by atoms with Gasteiger partial charge in [0.25, 0.3) is 10.0 Å². The molecule has 0 fully saturated rings. The van der Waals surface area contributed by atoms with Gasteiger partial charge >= 0.3 is 0 Å². The van der Waals surface area contributed by atoms with E-state index in [4.69, 9.17) is 11.6 Å². The molecule has 0 atom stereocenters. The molecular formula is C9H7ClFN3O2S. The number of nitrogens with zero attached hydrogens (tertiary/aromatic N) is 1. The summed E-state index contributed by atoms with van der Waals surface area (Å²) < 4.78 is 39.1. The maximum absolute atomic E-state index is 13.4. The summed E-state index contributed by atoms with van der Waals surface area (Å²) in [6.07, 6.45) is 2.81. The van der Waals surface area contributed by atoms with Gasteiger partial charge in [-0.15, -0.1) is 0 Å². The zero-order valence-electron chi connectivity index (χ0n) is 8.31. The van der Waals surface area contributed by atoms with E-state index >= 15 is 0 Å². The van der Waals surface area contributed by atoms with E-state index in [0.29, 0.717) is 0 Å². The SMILES string of the molecule is O=S(=O)(Nc1ncc[nH]1)c1ccc(Cl)cc1F. The topological polar surface area (TPSA) is 74.8 Å². The summed E-state index contributed by atoms with van der Waals surface area (Å²) in [5.41, 5.74) is 0. The van der Waals surface area contributed by atoms with Gasteiger partial charge in [0.1, 0.15) is 10.7 Å². The Morgan fingerprint density at radius 2 is 2.18 bits per heavy atom. The molecule has 1 heterocycles. The zero-order chi connectivity index (χ0) is 12.5. The summed E-state index contributed by atoms with van der Waals surface area (Å²) in [6.45, 7) is 0. The van der Waals surface area contributed by atoms with Crippen molar-refractivity contribution in [2.75, 3.05) is 4.72 Å². The van der Waals surface area contributed by atoms with Crippen LogP contribution in [-0.4, -0.2) is 18.4 Å². The minimum atomic E-state index is -4.01. The molecule has 0 aliphatic heterocycles. The molecule has 0 unspecified atom stereocenters. The smallest absolute Gasteiger partial charge is 0.267 e. The third kappa shape index (κ3) is 2.56. The molecule has 90 valence electrons. The number of halogens is 2. The molecule has 0 saturated heterocycles. The number of hydrogen-bond donors (Lipinski definition) is 2. The highest BCUT2D eigenvalue weighted by Gasteiger charge is 2.20. The predicted octanol–water partition coefficient (Wildman–Crippen LogP) is 2.00. The van der Waals surface area contributed by atoms with Crippen LogP contribution in [0, 0.1) is 5.82 Å². The first-order chi connectivity index (χ1) is 7.99. The van der Waals surface area contributed by atoms with Crippen LogP contribution in [0.15, 0.2) is 35.5 Å². The van der Waals surface area contributed by atoms with Crippen LogP contribution in [0.4, 0.5) is 10.3 Å². The Balaban J connectivity index is 2.38. The lowest BCUT2D eigenvalue weighted by molar-refractivity contribution is 0.570. The van der Waals surface area contributed by atoms with Crippen molar-refractivity contribution in [2.24, 2.45) is 0 Å². The number of anilines is 1. The van der Waals surface area contributed by atoms with Crippen LogP contribution in [0.3, 0.4) is 0 Å². The quantitative estimate of drug-likeness (QED) is 0.900. The van der Waals surface area contributed by atoms with Crippen molar-refractivity contribution in [2.45, 2.75) is 4.90 Å². The molecule has 1 aromatic heterocycles. The van der Waals surface area contributed by atoms with E-state index in [0.717, 1.165) is 12.1 Å². The molecule has 8 heteroatoms. The average Bonchev–Trinajstić information content (AvgIpc) is 2.68. The van der Waals surface area contributed by atoms with Gasteiger partial charge in [0, 0.05) is 17.4 Å². The number of hydrogen-bond acceptors (Lipinski definition) is 3. The van der Waals surface area contributed by atoms with Gasteiger partial charge in [-0.2, -0.15) is 0 Å². The Morgan fingerprint density at radius 1 is 1.41 bits per heavy atom. The van der Waals surface area contributed by atoms with Crippen LogP contribution >= 0.6 is 11.6 Å². The number of aromatic amines is 1. The van der Waals surface area contributed by atoms with Gasteiger partial charge in [0.15, 0.2) is 0 Å². The number of sulfonamides is 1. The van der Waals surface area contributed by atoms with E-state index in [2.05, 4.69) is 14.7 Å². The van der Waals surface area contributed by atoms with E-state index in [1.807, 2.05) is 0 Å². The summed E-state index contributed by atoms with van der Waals surface area (Å²) in [5.74, 6) is -0.907. The maximum atomic E-state index is 13.4. The number of benzene rings is 1. The van der Waals surface area contributed by atoms with Gasteiger partial charge < -0.3 is 4.98 Å². The Kier molecular flexibility index (Phi) is 3.03. The highest BCUT2D eigenvalue weighted by molar-refractivity contribution is 7.92. The minimum absolute atomic E-state index is 0.0133. The fourth-order valence-corrected chi connectivity index (χ4v) is 2.39. The molecule has 2 N–H and O–H groups in total. The van der Waals surface area contributed by atoms with E-state index < -0.39 is 20.7 Å². The Bertz CT molecular complexity index is 628. The van der Waals surface area contributed by atoms with Crippen LogP contribution in [0.1, 0.15) is 0 Å². The molecule has 0 spiro atoms. The van der Waals surface area contributed by atoms with Crippen molar-refractivity contribution >= 4 is 27.6 Å². The Hall–Kier alpha value is -1.60. The van der Waals surface area contributed by atoms with Gasteiger partial charge in [-0.3, -0.25) is 0 Å². The zero-order valence-corrected chi connectivity index (χ0v) is 9.89. The first kappa shape index (κ1) is 11.9. The van der Waals surface area contributed by atoms with Gasteiger partial charge in [-0.1, -0.05) is 11.6 Å². The lowest BCUT2D eigenvalue weighted by Crippen LogP contribution is -2.15. The summed E-state index contributed by atoms with van der Waals surface area (Å²) in [6, 6.07) is 3.31. The maximum Gasteiger partial charge on any atom is 0.267 e. The van der Waals surface area contributed by atoms with Crippen LogP contribution in [0.25, 0.3) is 0 Å². The van der Waals surface area contributed by atoms with Crippen LogP contribution < -0.4 is 4.72 Å². The molecule has 0 saturated carbocycles. The fourth-order valence-electron chi connectivity index (χ4n) is 1.20. The molecule has 17 heavy (non-hydrogen) atoms. The molecule has 5 nitrogen and oxygen atoms in total. The first-order valence-electron chi connectivity index (χ1n) is 4.46. The van der Waals surface area contributed by atoms with E-state index in [-0.39, 0.29) is 11.0 Å². The summed E-state index contributed by atoms with van der Waals surface area (Å²) in [7, 11) is -4.01. The van der Waals surface area contributed by atoms with Crippen LogP contribution in [-0.2, 0) is 10.0 Å². The fraction of sp³-hybridized carbons (Fsp3) is 0. The molecule has 1 aromatic carbocycles. The second-order valence-corrected chi connectivity index (χ2v) is 5.21. The molecule has 0 radical (unpaired) electrons. The van der Waals surface area contributed by atoms with Crippen LogP contribution in [0.5, 0.6) is 0 Å². The van der Waals surface area contributed by atoms with Crippen LogP contribution in [0.2, 0.25) is 5.02 Å². The van der Waals surface area contributed by atoms with Crippen molar-refractivity contribution in [3.8, 4) is 0 Å². The highest BCUT2D eigenvalue weighted by atomic mass is 35.5. The standard InChI is InChI=1S/C9H7ClFN3O2S/c10-6-1-2-8(7(11)5-6)17(15,16)14-9-12-3-4-13-9/h1-5H,(H2,12,13,14). The summed E-state index contributed by atoms with van der Waals surface area (Å²) in [4.78, 5) is 5.74. The monoisotopic (exact) mass is 275 g/mol.